The van der Waals surface area contributed by atoms with E-state index in [9.17, 15) is 4.79 Å². The first-order valence-electron chi connectivity index (χ1n) is 5.67. The summed E-state index contributed by atoms with van der Waals surface area (Å²) in [5.74, 6) is 0.735. The number of rotatable bonds is 3. The number of hydrogen-bond donors (Lipinski definition) is 2. The Balaban J connectivity index is 1.70. The van der Waals surface area contributed by atoms with Gasteiger partial charge in [0.15, 0.2) is 0 Å². The number of carbonyl (C=O) groups is 1. The van der Waals surface area contributed by atoms with Crippen molar-refractivity contribution in [2.75, 3.05) is 13.2 Å². The standard InChI is InChI=1S/C12H16N2O3/c15-12(14-9-11-2-1-5-17-11)13-8-10-3-6-16-7-4-10/h1-2,5,8H,3-4,6-7,9H2,(H2,13,14,15). The number of hydrogen-bond acceptors (Lipinski definition) is 3. The van der Waals surface area contributed by atoms with E-state index in [0.29, 0.717) is 6.54 Å². The van der Waals surface area contributed by atoms with Gasteiger partial charge < -0.3 is 19.8 Å². The van der Waals surface area contributed by atoms with Crippen LogP contribution >= 0.6 is 0 Å². The summed E-state index contributed by atoms with van der Waals surface area (Å²) in [5, 5.41) is 5.41. The lowest BCUT2D eigenvalue weighted by atomic mass is 10.1. The van der Waals surface area contributed by atoms with Crippen LogP contribution in [0.25, 0.3) is 0 Å². The van der Waals surface area contributed by atoms with Crippen LogP contribution < -0.4 is 10.6 Å². The van der Waals surface area contributed by atoms with Crippen LogP contribution in [-0.4, -0.2) is 19.2 Å². The minimum absolute atomic E-state index is 0.222. The number of furan rings is 1. The monoisotopic (exact) mass is 236 g/mol. The van der Waals surface area contributed by atoms with Gasteiger partial charge >= 0.3 is 6.03 Å². The van der Waals surface area contributed by atoms with Crippen LogP contribution in [0.4, 0.5) is 4.79 Å². The Morgan fingerprint density at radius 2 is 2.24 bits per heavy atom. The molecule has 1 aliphatic rings. The molecule has 5 heteroatoms. The first kappa shape index (κ1) is 11.7. The third kappa shape index (κ3) is 3.96. The Bertz CT molecular complexity index is 376. The third-order valence-electron chi connectivity index (χ3n) is 2.55. The fraction of sp³-hybridized carbons (Fsp3) is 0.417. The lowest BCUT2D eigenvalue weighted by Crippen LogP contribution is -2.32. The minimum atomic E-state index is -0.222. The molecule has 0 saturated carbocycles. The molecule has 1 fully saturated rings. The number of carbonyl (C=O) groups excluding carboxylic acids is 1. The van der Waals surface area contributed by atoms with E-state index in [2.05, 4.69) is 10.6 Å². The van der Waals surface area contributed by atoms with Crippen molar-refractivity contribution in [2.45, 2.75) is 19.4 Å². The van der Waals surface area contributed by atoms with Crippen molar-refractivity contribution >= 4 is 6.03 Å². The largest absolute Gasteiger partial charge is 0.467 e. The predicted molar refractivity (Wildman–Crippen MR) is 62.2 cm³/mol. The molecule has 0 atom stereocenters. The highest BCUT2D eigenvalue weighted by Gasteiger charge is 2.06. The number of urea groups is 1. The van der Waals surface area contributed by atoms with Gasteiger partial charge in [-0.3, -0.25) is 0 Å². The van der Waals surface area contributed by atoms with Crippen molar-refractivity contribution in [3.8, 4) is 0 Å². The molecule has 0 unspecified atom stereocenters. The minimum Gasteiger partial charge on any atom is -0.467 e. The quantitative estimate of drug-likeness (QED) is 0.840. The molecule has 0 bridgehead atoms. The fourth-order valence-electron chi connectivity index (χ4n) is 1.58. The average Bonchev–Trinajstić information content (AvgIpc) is 2.88. The van der Waals surface area contributed by atoms with E-state index in [1.165, 1.54) is 5.57 Å². The van der Waals surface area contributed by atoms with E-state index < -0.39 is 0 Å². The van der Waals surface area contributed by atoms with E-state index in [0.717, 1.165) is 31.8 Å². The Labute approximate surface area is 99.8 Å². The molecule has 2 N–H and O–H groups in total. The summed E-state index contributed by atoms with van der Waals surface area (Å²) in [6, 6.07) is 3.39. The van der Waals surface area contributed by atoms with Gasteiger partial charge in [-0.1, -0.05) is 0 Å². The van der Waals surface area contributed by atoms with Gasteiger partial charge in [-0.15, -0.1) is 0 Å². The zero-order valence-electron chi connectivity index (χ0n) is 9.57. The van der Waals surface area contributed by atoms with Crippen LogP contribution in [0.3, 0.4) is 0 Å². The first-order chi connectivity index (χ1) is 8.34. The topological polar surface area (TPSA) is 63.5 Å². The van der Waals surface area contributed by atoms with Gasteiger partial charge in [0.1, 0.15) is 5.76 Å². The summed E-state index contributed by atoms with van der Waals surface area (Å²) in [7, 11) is 0. The maximum atomic E-state index is 11.4. The van der Waals surface area contributed by atoms with Crippen molar-refractivity contribution in [3.63, 3.8) is 0 Å². The molecule has 0 spiro atoms. The zero-order chi connectivity index (χ0) is 11.9. The van der Waals surface area contributed by atoms with Crippen molar-refractivity contribution in [1.82, 2.24) is 10.6 Å². The van der Waals surface area contributed by atoms with Crippen LogP contribution in [0.1, 0.15) is 18.6 Å². The summed E-state index contributed by atoms with van der Waals surface area (Å²) in [5.41, 5.74) is 1.21. The predicted octanol–water partition coefficient (Wildman–Crippen LogP) is 1.77. The Morgan fingerprint density at radius 3 is 2.94 bits per heavy atom. The summed E-state index contributed by atoms with van der Waals surface area (Å²) >= 11 is 0. The van der Waals surface area contributed by atoms with Crippen LogP contribution in [0.2, 0.25) is 0 Å². The summed E-state index contributed by atoms with van der Waals surface area (Å²) in [4.78, 5) is 11.4. The first-order valence-corrected chi connectivity index (χ1v) is 5.67. The fourth-order valence-corrected chi connectivity index (χ4v) is 1.58. The second-order valence-corrected chi connectivity index (χ2v) is 3.82. The molecule has 1 aliphatic heterocycles. The SMILES string of the molecule is O=C(NC=C1CCOCC1)NCc1ccco1. The highest BCUT2D eigenvalue weighted by atomic mass is 16.5. The highest BCUT2D eigenvalue weighted by Crippen LogP contribution is 2.11. The van der Waals surface area contributed by atoms with Crippen molar-refractivity contribution in [3.05, 3.63) is 35.9 Å². The van der Waals surface area contributed by atoms with Crippen molar-refractivity contribution < 1.29 is 13.9 Å². The van der Waals surface area contributed by atoms with E-state index in [-0.39, 0.29) is 6.03 Å². The normalized spacial score (nSPS) is 15.4. The van der Waals surface area contributed by atoms with Gasteiger partial charge in [0.25, 0.3) is 0 Å². The Kier molecular flexibility index (Phi) is 4.21. The molecular weight excluding hydrogens is 220 g/mol. The van der Waals surface area contributed by atoms with Crippen LogP contribution in [-0.2, 0) is 11.3 Å². The maximum absolute atomic E-state index is 11.4. The molecule has 17 heavy (non-hydrogen) atoms. The van der Waals surface area contributed by atoms with Gasteiger partial charge in [0.2, 0.25) is 0 Å². The van der Waals surface area contributed by atoms with Crippen LogP contribution in [0.15, 0.2) is 34.6 Å². The molecule has 0 aromatic carbocycles. The summed E-state index contributed by atoms with van der Waals surface area (Å²) < 4.78 is 10.3. The second kappa shape index (κ2) is 6.10. The molecular formula is C12H16N2O3. The molecule has 2 rings (SSSR count). The van der Waals surface area contributed by atoms with Gasteiger partial charge in [-0.25, -0.2) is 4.79 Å². The molecule has 1 aromatic heterocycles. The number of ether oxygens (including phenoxy) is 1. The van der Waals surface area contributed by atoms with Crippen molar-refractivity contribution in [1.29, 1.82) is 0 Å². The molecule has 92 valence electrons. The van der Waals surface area contributed by atoms with E-state index >= 15 is 0 Å². The number of amides is 2. The summed E-state index contributed by atoms with van der Waals surface area (Å²) in [6.45, 7) is 1.87. The van der Waals surface area contributed by atoms with E-state index in [1.54, 1.807) is 18.5 Å². The lowest BCUT2D eigenvalue weighted by molar-refractivity contribution is 0.119. The van der Waals surface area contributed by atoms with E-state index in [4.69, 9.17) is 9.15 Å². The van der Waals surface area contributed by atoms with E-state index in [1.807, 2.05) is 6.07 Å². The van der Waals surface area contributed by atoms with Gasteiger partial charge in [0, 0.05) is 6.20 Å². The smallest absolute Gasteiger partial charge is 0.319 e. The molecule has 1 aromatic rings. The molecule has 5 nitrogen and oxygen atoms in total. The van der Waals surface area contributed by atoms with Crippen LogP contribution in [0.5, 0.6) is 0 Å². The Morgan fingerprint density at radius 1 is 1.41 bits per heavy atom. The van der Waals surface area contributed by atoms with Gasteiger partial charge in [-0.05, 0) is 30.5 Å². The number of nitrogens with one attached hydrogen (secondary N) is 2. The molecule has 0 aliphatic carbocycles. The summed E-state index contributed by atoms with van der Waals surface area (Å²) in [6.07, 6.45) is 5.12. The Hall–Kier alpha value is -1.75. The molecule has 1 saturated heterocycles. The van der Waals surface area contributed by atoms with Gasteiger partial charge in [-0.2, -0.15) is 0 Å². The third-order valence-corrected chi connectivity index (χ3v) is 2.55. The molecule has 2 heterocycles. The molecule has 2 amide bonds. The van der Waals surface area contributed by atoms with Crippen LogP contribution in [0, 0.1) is 0 Å². The highest BCUT2D eigenvalue weighted by molar-refractivity contribution is 5.74. The molecule has 0 radical (unpaired) electrons. The average molecular weight is 236 g/mol. The second-order valence-electron chi connectivity index (χ2n) is 3.82. The van der Waals surface area contributed by atoms with Crippen molar-refractivity contribution in [2.24, 2.45) is 0 Å². The zero-order valence-corrected chi connectivity index (χ0v) is 9.57. The lowest BCUT2D eigenvalue weighted by Gasteiger charge is -2.14. The van der Waals surface area contributed by atoms with Gasteiger partial charge in [0.05, 0.1) is 26.0 Å². The maximum Gasteiger partial charge on any atom is 0.319 e.